The molecule has 0 heterocycles. The lowest BCUT2D eigenvalue weighted by Gasteiger charge is -2.12. The van der Waals surface area contributed by atoms with Crippen molar-refractivity contribution < 1.29 is 23.8 Å². The van der Waals surface area contributed by atoms with E-state index < -0.39 is 5.97 Å². The lowest BCUT2D eigenvalue weighted by molar-refractivity contribution is -0.141. The van der Waals surface area contributed by atoms with Gasteiger partial charge in [-0.05, 0) is 43.7 Å². The Kier molecular flexibility index (Phi) is 8.59. The standard InChI is InChI=1S/C22H25NO5/c1-3-26-19-13-12-18(15-20(19)27-4-2)22(25)23-16-21(24)28-14-8-11-17-9-6-5-7-10-17/h5-13,15H,3-4,14,16H2,1-2H3,(H,23,25)/b11-8+. The van der Waals surface area contributed by atoms with Crippen molar-refractivity contribution >= 4 is 18.0 Å². The smallest absolute Gasteiger partial charge is 0.325 e. The van der Waals surface area contributed by atoms with Gasteiger partial charge in [-0.25, -0.2) is 0 Å². The molecule has 2 aromatic carbocycles. The molecule has 0 radical (unpaired) electrons. The number of carbonyl (C=O) groups excluding carboxylic acids is 2. The average molecular weight is 383 g/mol. The highest BCUT2D eigenvalue weighted by atomic mass is 16.5. The normalized spacial score (nSPS) is 10.5. The van der Waals surface area contributed by atoms with E-state index in [1.54, 1.807) is 24.3 Å². The molecule has 0 atom stereocenters. The van der Waals surface area contributed by atoms with Crippen molar-refractivity contribution in [2.45, 2.75) is 13.8 Å². The van der Waals surface area contributed by atoms with Crippen LogP contribution < -0.4 is 14.8 Å². The molecular weight excluding hydrogens is 358 g/mol. The lowest BCUT2D eigenvalue weighted by Crippen LogP contribution is -2.30. The summed E-state index contributed by atoms with van der Waals surface area (Å²) in [6, 6.07) is 14.6. The van der Waals surface area contributed by atoms with E-state index in [1.165, 1.54) is 0 Å². The number of esters is 1. The molecule has 1 N–H and O–H groups in total. The van der Waals surface area contributed by atoms with E-state index in [1.807, 2.05) is 50.3 Å². The van der Waals surface area contributed by atoms with E-state index in [0.717, 1.165) is 5.56 Å². The first kappa shape index (κ1) is 21.0. The SMILES string of the molecule is CCOc1ccc(C(=O)NCC(=O)OC/C=C/c2ccccc2)cc1OCC. The van der Waals surface area contributed by atoms with Crippen LogP contribution in [0.4, 0.5) is 0 Å². The Morgan fingerprint density at radius 3 is 2.39 bits per heavy atom. The second-order valence-corrected chi connectivity index (χ2v) is 5.71. The number of rotatable bonds is 10. The number of hydrogen-bond donors (Lipinski definition) is 1. The molecule has 0 aliphatic carbocycles. The molecule has 2 aromatic rings. The molecule has 148 valence electrons. The van der Waals surface area contributed by atoms with Crippen molar-refractivity contribution in [2.75, 3.05) is 26.4 Å². The van der Waals surface area contributed by atoms with E-state index in [0.29, 0.717) is 30.3 Å². The Bertz CT molecular complexity index is 802. The summed E-state index contributed by atoms with van der Waals surface area (Å²) in [7, 11) is 0. The van der Waals surface area contributed by atoms with Crippen LogP contribution in [-0.2, 0) is 9.53 Å². The third-order valence-corrected chi connectivity index (χ3v) is 3.65. The van der Waals surface area contributed by atoms with Crippen molar-refractivity contribution in [3.63, 3.8) is 0 Å². The Hall–Kier alpha value is -3.28. The molecule has 6 heteroatoms. The van der Waals surface area contributed by atoms with Gasteiger partial charge in [0.2, 0.25) is 0 Å². The van der Waals surface area contributed by atoms with Gasteiger partial charge in [0.1, 0.15) is 13.2 Å². The molecule has 0 bridgehead atoms. The highest BCUT2D eigenvalue weighted by molar-refractivity contribution is 5.96. The van der Waals surface area contributed by atoms with Crippen molar-refractivity contribution in [3.8, 4) is 11.5 Å². The molecule has 0 unspecified atom stereocenters. The van der Waals surface area contributed by atoms with Crippen LogP contribution in [0.2, 0.25) is 0 Å². The summed E-state index contributed by atoms with van der Waals surface area (Å²) >= 11 is 0. The molecule has 0 saturated carbocycles. The molecule has 6 nitrogen and oxygen atoms in total. The van der Waals surface area contributed by atoms with Gasteiger partial charge in [0.15, 0.2) is 11.5 Å². The Labute approximate surface area is 165 Å². The topological polar surface area (TPSA) is 73.9 Å². The van der Waals surface area contributed by atoms with E-state index in [-0.39, 0.29) is 19.1 Å². The van der Waals surface area contributed by atoms with Gasteiger partial charge in [-0.3, -0.25) is 9.59 Å². The van der Waals surface area contributed by atoms with Crippen molar-refractivity contribution in [1.82, 2.24) is 5.32 Å². The van der Waals surface area contributed by atoms with Crippen molar-refractivity contribution in [3.05, 3.63) is 65.7 Å². The van der Waals surface area contributed by atoms with Gasteiger partial charge in [-0.15, -0.1) is 0 Å². The largest absolute Gasteiger partial charge is 0.490 e. The Morgan fingerprint density at radius 1 is 0.964 bits per heavy atom. The van der Waals surface area contributed by atoms with Gasteiger partial charge in [-0.1, -0.05) is 36.4 Å². The third kappa shape index (κ3) is 6.79. The number of nitrogens with one attached hydrogen (secondary N) is 1. The first-order valence-corrected chi connectivity index (χ1v) is 9.19. The first-order chi connectivity index (χ1) is 13.6. The minimum Gasteiger partial charge on any atom is -0.490 e. The zero-order valence-electron chi connectivity index (χ0n) is 16.1. The maximum atomic E-state index is 12.3. The molecule has 0 aliphatic heterocycles. The average Bonchev–Trinajstić information content (AvgIpc) is 2.72. The van der Waals surface area contributed by atoms with Gasteiger partial charge in [0.25, 0.3) is 5.91 Å². The van der Waals surface area contributed by atoms with Crippen molar-refractivity contribution in [2.24, 2.45) is 0 Å². The van der Waals surface area contributed by atoms with Gasteiger partial charge < -0.3 is 19.5 Å². The summed E-state index contributed by atoms with van der Waals surface area (Å²) in [6.07, 6.45) is 3.61. The molecule has 28 heavy (non-hydrogen) atoms. The number of amides is 1. The van der Waals surface area contributed by atoms with Crippen LogP contribution in [0.15, 0.2) is 54.6 Å². The molecular formula is C22H25NO5. The lowest BCUT2D eigenvalue weighted by atomic mass is 10.2. The predicted octanol–water partition coefficient (Wildman–Crippen LogP) is 3.47. The summed E-state index contributed by atoms with van der Waals surface area (Å²) < 4.78 is 16.1. The Balaban J connectivity index is 1.81. The quantitative estimate of drug-likeness (QED) is 0.636. The second kappa shape index (κ2) is 11.4. The summed E-state index contributed by atoms with van der Waals surface area (Å²) in [5, 5.41) is 2.54. The second-order valence-electron chi connectivity index (χ2n) is 5.71. The van der Waals surface area contributed by atoms with Gasteiger partial charge >= 0.3 is 5.97 Å². The first-order valence-electron chi connectivity index (χ1n) is 9.19. The molecule has 0 spiro atoms. The fourth-order valence-corrected chi connectivity index (χ4v) is 2.39. The minimum atomic E-state index is -0.512. The molecule has 0 aromatic heterocycles. The summed E-state index contributed by atoms with van der Waals surface area (Å²) in [4.78, 5) is 24.0. The van der Waals surface area contributed by atoms with Crippen molar-refractivity contribution in [1.29, 1.82) is 0 Å². The molecule has 0 saturated heterocycles. The highest BCUT2D eigenvalue weighted by Gasteiger charge is 2.13. The number of ether oxygens (including phenoxy) is 3. The van der Waals surface area contributed by atoms with Crippen LogP contribution in [0.25, 0.3) is 6.08 Å². The maximum Gasteiger partial charge on any atom is 0.325 e. The minimum absolute atomic E-state index is 0.140. The highest BCUT2D eigenvalue weighted by Crippen LogP contribution is 2.28. The van der Waals surface area contributed by atoms with Gasteiger partial charge in [-0.2, -0.15) is 0 Å². The number of hydrogen-bond acceptors (Lipinski definition) is 5. The van der Waals surface area contributed by atoms with Gasteiger partial charge in [0.05, 0.1) is 13.2 Å². The molecule has 0 fully saturated rings. The van der Waals surface area contributed by atoms with E-state index in [2.05, 4.69) is 5.32 Å². The number of benzene rings is 2. The fourth-order valence-electron chi connectivity index (χ4n) is 2.39. The summed E-state index contributed by atoms with van der Waals surface area (Å²) in [5.74, 6) is 0.166. The molecule has 2 rings (SSSR count). The van der Waals surface area contributed by atoms with Crippen LogP contribution in [0.3, 0.4) is 0 Å². The maximum absolute atomic E-state index is 12.3. The van der Waals surface area contributed by atoms with E-state index >= 15 is 0 Å². The van der Waals surface area contributed by atoms with Crippen LogP contribution in [0.5, 0.6) is 11.5 Å². The van der Waals surface area contributed by atoms with Crippen LogP contribution >= 0.6 is 0 Å². The van der Waals surface area contributed by atoms with Crippen LogP contribution in [0, 0.1) is 0 Å². The van der Waals surface area contributed by atoms with Crippen LogP contribution in [0.1, 0.15) is 29.8 Å². The molecule has 0 aliphatic rings. The van der Waals surface area contributed by atoms with Crippen LogP contribution in [-0.4, -0.2) is 38.2 Å². The Morgan fingerprint density at radius 2 is 1.68 bits per heavy atom. The summed E-state index contributed by atoms with van der Waals surface area (Å²) in [6.45, 7) is 4.60. The predicted molar refractivity (Wildman–Crippen MR) is 108 cm³/mol. The zero-order valence-corrected chi connectivity index (χ0v) is 16.1. The molecule has 1 amide bonds. The van der Waals surface area contributed by atoms with E-state index in [9.17, 15) is 9.59 Å². The zero-order chi connectivity index (χ0) is 20.2. The fraction of sp³-hybridized carbons (Fsp3) is 0.273. The monoisotopic (exact) mass is 383 g/mol. The van der Waals surface area contributed by atoms with Gasteiger partial charge in [0, 0.05) is 5.56 Å². The van der Waals surface area contributed by atoms with E-state index in [4.69, 9.17) is 14.2 Å². The third-order valence-electron chi connectivity index (χ3n) is 3.65. The number of carbonyl (C=O) groups is 2. The summed E-state index contributed by atoms with van der Waals surface area (Å²) in [5.41, 5.74) is 1.40.